The molecule has 0 radical (unpaired) electrons. The molecule has 3 atom stereocenters. The normalized spacial score (nSPS) is 20.1. The molecule has 3 unspecified atom stereocenters. The van der Waals surface area contributed by atoms with Crippen LogP contribution in [0.5, 0.6) is 0 Å². The lowest BCUT2D eigenvalue weighted by Gasteiger charge is -2.21. The molecule has 3 aromatic rings. The number of halogens is 1. The Kier molecular flexibility index (Phi) is 5.18. The molecule has 6 nitrogen and oxygen atoms in total. The van der Waals surface area contributed by atoms with Gasteiger partial charge in [-0.25, -0.2) is 20.2 Å². The first-order valence-corrected chi connectivity index (χ1v) is 9.21. The highest BCUT2D eigenvalue weighted by Crippen LogP contribution is 2.24. The van der Waals surface area contributed by atoms with Gasteiger partial charge < -0.3 is 9.88 Å². The number of nitrogens with zero attached hydrogens (tertiary/aromatic N) is 2. The van der Waals surface area contributed by atoms with Crippen LogP contribution in [0.25, 0.3) is 0 Å². The Hall–Kier alpha value is -3.03. The molecule has 2 heterocycles. The first kappa shape index (κ1) is 18.3. The molecule has 1 aliphatic rings. The largest absolute Gasteiger partial charge is 0.341 e. The lowest BCUT2D eigenvalue weighted by atomic mass is 10.0. The van der Waals surface area contributed by atoms with Crippen LogP contribution in [0.3, 0.4) is 0 Å². The van der Waals surface area contributed by atoms with Crippen molar-refractivity contribution in [2.75, 3.05) is 0 Å². The zero-order valence-electron chi connectivity index (χ0n) is 15.5. The molecule has 144 valence electrons. The molecular formula is C21H22FN5O. The van der Waals surface area contributed by atoms with E-state index in [9.17, 15) is 9.18 Å². The molecule has 3 N–H and O–H groups in total. The first-order chi connectivity index (χ1) is 13.6. The second-order valence-corrected chi connectivity index (χ2v) is 6.93. The summed E-state index contributed by atoms with van der Waals surface area (Å²) in [5.74, 6) is 0.231. The van der Waals surface area contributed by atoms with Gasteiger partial charge in [0.1, 0.15) is 23.7 Å². The Morgan fingerprint density at radius 3 is 2.61 bits per heavy atom. The van der Waals surface area contributed by atoms with Gasteiger partial charge >= 0.3 is 0 Å². The number of aromatic nitrogens is 2. The van der Waals surface area contributed by atoms with E-state index >= 15 is 0 Å². The van der Waals surface area contributed by atoms with Crippen molar-refractivity contribution in [1.82, 2.24) is 25.7 Å². The van der Waals surface area contributed by atoms with Crippen molar-refractivity contribution in [2.45, 2.75) is 24.5 Å². The Balaban J connectivity index is 1.51. The zero-order chi connectivity index (χ0) is 19.5. The van der Waals surface area contributed by atoms with Gasteiger partial charge in [-0.15, -0.1) is 0 Å². The highest BCUT2D eigenvalue weighted by molar-refractivity contribution is 5.82. The van der Waals surface area contributed by atoms with Gasteiger partial charge in [0, 0.05) is 25.5 Å². The van der Waals surface area contributed by atoms with Crippen molar-refractivity contribution in [2.24, 2.45) is 7.05 Å². The molecule has 7 heteroatoms. The number of rotatable bonds is 5. The molecule has 1 saturated heterocycles. The van der Waals surface area contributed by atoms with Gasteiger partial charge in [-0.05, 0) is 29.7 Å². The predicted octanol–water partition coefficient (Wildman–Crippen LogP) is 2.37. The number of aryl methyl sites for hydroxylation is 1. The SMILES string of the molecule is Cn1ccnc1C(NC(=O)C1CC(c2ccccc2)NN1)c1ccc(F)cc1. The number of hydrogen-bond donors (Lipinski definition) is 3. The molecule has 0 saturated carbocycles. The molecule has 0 aliphatic carbocycles. The molecule has 0 spiro atoms. The van der Waals surface area contributed by atoms with Crippen LogP contribution < -0.4 is 16.2 Å². The number of nitrogens with one attached hydrogen (secondary N) is 3. The number of imidazole rings is 1. The third-order valence-corrected chi connectivity index (χ3v) is 5.03. The quantitative estimate of drug-likeness (QED) is 0.637. The molecule has 1 amide bonds. The fourth-order valence-corrected chi connectivity index (χ4v) is 3.48. The van der Waals surface area contributed by atoms with Gasteiger partial charge in [0.25, 0.3) is 0 Å². The second kappa shape index (κ2) is 7.92. The average molecular weight is 379 g/mol. The fourth-order valence-electron chi connectivity index (χ4n) is 3.48. The van der Waals surface area contributed by atoms with Crippen LogP contribution in [0.15, 0.2) is 67.0 Å². The minimum absolute atomic E-state index is 0.0642. The summed E-state index contributed by atoms with van der Waals surface area (Å²) in [6.07, 6.45) is 4.13. The summed E-state index contributed by atoms with van der Waals surface area (Å²) in [6.45, 7) is 0. The zero-order valence-corrected chi connectivity index (χ0v) is 15.5. The standard InChI is InChI=1S/C21H22FN5O/c1-27-12-11-23-20(27)19(15-7-9-16(22)10-8-15)24-21(28)18-13-17(25-26-18)14-5-3-2-4-6-14/h2-12,17-19,25-26H,13H2,1H3,(H,24,28). The minimum Gasteiger partial charge on any atom is -0.341 e. The maximum Gasteiger partial charge on any atom is 0.239 e. The summed E-state index contributed by atoms with van der Waals surface area (Å²) in [4.78, 5) is 17.3. The Morgan fingerprint density at radius 1 is 1.18 bits per heavy atom. The lowest BCUT2D eigenvalue weighted by molar-refractivity contribution is -0.123. The smallest absolute Gasteiger partial charge is 0.239 e. The summed E-state index contributed by atoms with van der Waals surface area (Å²) in [5.41, 5.74) is 8.17. The van der Waals surface area contributed by atoms with Gasteiger partial charge in [-0.1, -0.05) is 42.5 Å². The number of hydrazine groups is 1. The topological polar surface area (TPSA) is 71.0 Å². The van der Waals surface area contributed by atoms with E-state index in [1.165, 1.54) is 12.1 Å². The molecular weight excluding hydrogens is 357 g/mol. The van der Waals surface area contributed by atoms with E-state index in [1.54, 1.807) is 18.3 Å². The van der Waals surface area contributed by atoms with Crippen LogP contribution in [-0.2, 0) is 11.8 Å². The highest BCUT2D eigenvalue weighted by atomic mass is 19.1. The van der Waals surface area contributed by atoms with Gasteiger partial charge in [-0.3, -0.25) is 4.79 Å². The lowest BCUT2D eigenvalue weighted by Crippen LogP contribution is -2.45. The van der Waals surface area contributed by atoms with Crippen molar-refractivity contribution >= 4 is 5.91 Å². The van der Waals surface area contributed by atoms with Crippen molar-refractivity contribution in [1.29, 1.82) is 0 Å². The van der Waals surface area contributed by atoms with Crippen molar-refractivity contribution in [3.63, 3.8) is 0 Å². The fraction of sp³-hybridized carbons (Fsp3) is 0.238. The Labute approximate surface area is 162 Å². The van der Waals surface area contributed by atoms with Crippen LogP contribution >= 0.6 is 0 Å². The maximum absolute atomic E-state index is 13.4. The first-order valence-electron chi connectivity index (χ1n) is 9.21. The molecule has 28 heavy (non-hydrogen) atoms. The van der Waals surface area contributed by atoms with Crippen LogP contribution in [-0.4, -0.2) is 21.5 Å². The van der Waals surface area contributed by atoms with Crippen LogP contribution in [0.2, 0.25) is 0 Å². The average Bonchev–Trinajstić information content (AvgIpc) is 3.37. The monoisotopic (exact) mass is 379 g/mol. The third kappa shape index (κ3) is 3.81. The van der Waals surface area contributed by atoms with Crippen LogP contribution in [0.4, 0.5) is 4.39 Å². The van der Waals surface area contributed by atoms with E-state index in [1.807, 2.05) is 48.1 Å². The van der Waals surface area contributed by atoms with Crippen molar-refractivity contribution < 1.29 is 9.18 Å². The van der Waals surface area contributed by atoms with Crippen molar-refractivity contribution in [3.05, 3.63) is 89.8 Å². The van der Waals surface area contributed by atoms with E-state index < -0.39 is 6.04 Å². The van der Waals surface area contributed by atoms with E-state index in [4.69, 9.17) is 0 Å². The van der Waals surface area contributed by atoms with E-state index in [0.717, 1.165) is 11.1 Å². The summed E-state index contributed by atoms with van der Waals surface area (Å²) >= 11 is 0. The predicted molar refractivity (Wildman–Crippen MR) is 103 cm³/mol. The highest BCUT2D eigenvalue weighted by Gasteiger charge is 2.32. The van der Waals surface area contributed by atoms with Gasteiger partial charge in [0.2, 0.25) is 5.91 Å². The molecule has 1 aliphatic heterocycles. The molecule has 4 rings (SSSR count). The van der Waals surface area contributed by atoms with Gasteiger partial charge in [0.05, 0.1) is 0 Å². The summed E-state index contributed by atoms with van der Waals surface area (Å²) < 4.78 is 15.2. The number of benzene rings is 2. The van der Waals surface area contributed by atoms with Gasteiger partial charge in [0.15, 0.2) is 0 Å². The summed E-state index contributed by atoms with van der Waals surface area (Å²) in [5, 5.41) is 3.06. The number of amides is 1. The molecule has 2 aromatic carbocycles. The maximum atomic E-state index is 13.4. The third-order valence-electron chi connectivity index (χ3n) is 5.03. The molecule has 0 bridgehead atoms. The number of hydrogen-bond acceptors (Lipinski definition) is 4. The summed E-state index contributed by atoms with van der Waals surface area (Å²) in [7, 11) is 1.87. The Bertz CT molecular complexity index is 941. The number of carbonyl (C=O) groups excluding carboxylic acids is 1. The van der Waals surface area contributed by atoms with Crippen LogP contribution in [0, 0.1) is 5.82 Å². The van der Waals surface area contributed by atoms with E-state index in [2.05, 4.69) is 21.2 Å². The number of carbonyl (C=O) groups is 1. The van der Waals surface area contributed by atoms with E-state index in [-0.39, 0.29) is 23.8 Å². The van der Waals surface area contributed by atoms with Gasteiger partial charge in [-0.2, -0.15) is 0 Å². The second-order valence-electron chi connectivity index (χ2n) is 6.93. The summed E-state index contributed by atoms with van der Waals surface area (Å²) in [6, 6.07) is 15.3. The molecule has 1 fully saturated rings. The van der Waals surface area contributed by atoms with E-state index in [0.29, 0.717) is 12.2 Å². The van der Waals surface area contributed by atoms with Crippen LogP contribution in [0.1, 0.15) is 35.5 Å². The van der Waals surface area contributed by atoms with Crippen molar-refractivity contribution in [3.8, 4) is 0 Å². The Morgan fingerprint density at radius 2 is 1.93 bits per heavy atom. The minimum atomic E-state index is -0.467. The molecule has 1 aromatic heterocycles.